The molecule has 0 heterocycles. The van der Waals surface area contributed by atoms with Crippen LogP contribution in [0.4, 0.5) is 0 Å². The molecule has 2 saturated carbocycles. The average molecular weight is 308 g/mol. The average Bonchev–Trinajstić information content (AvgIpc) is 2.44. The second-order valence-corrected chi connectivity index (χ2v) is 6.33. The molecule has 0 radical (unpaired) electrons. The lowest BCUT2D eigenvalue weighted by Crippen LogP contribution is -2.25. The van der Waals surface area contributed by atoms with Gasteiger partial charge < -0.3 is 4.74 Å². The van der Waals surface area contributed by atoms with Gasteiger partial charge in [-0.05, 0) is 32.1 Å². The second-order valence-electron chi connectivity index (χ2n) is 4.74. The first-order valence-corrected chi connectivity index (χ1v) is 7.40. The molecule has 0 N–H and O–H groups in total. The van der Waals surface area contributed by atoms with E-state index in [4.69, 9.17) is 4.74 Å². The molecule has 0 bridgehead atoms. The smallest absolute Gasteiger partial charge is 0.0696 e. The zero-order valence-corrected chi connectivity index (χ0v) is 11.0. The minimum absolute atomic E-state index is 0.582. The zero-order valence-electron chi connectivity index (χ0n) is 8.88. The van der Waals surface area contributed by atoms with E-state index in [0.717, 1.165) is 3.92 Å². The predicted octanol–water partition coefficient (Wildman–Crippen LogP) is 4.08. The van der Waals surface area contributed by atoms with Crippen LogP contribution in [-0.4, -0.2) is 16.1 Å². The van der Waals surface area contributed by atoms with Gasteiger partial charge in [0.25, 0.3) is 0 Å². The number of hydrogen-bond acceptors (Lipinski definition) is 1. The van der Waals surface area contributed by atoms with Gasteiger partial charge in [0, 0.05) is 3.92 Å². The van der Waals surface area contributed by atoms with Gasteiger partial charge in [-0.1, -0.05) is 48.3 Å². The van der Waals surface area contributed by atoms with Gasteiger partial charge in [-0.25, -0.2) is 0 Å². The highest BCUT2D eigenvalue weighted by Gasteiger charge is 2.28. The van der Waals surface area contributed by atoms with Crippen LogP contribution in [0.1, 0.15) is 57.8 Å². The quantitative estimate of drug-likeness (QED) is 0.424. The first kappa shape index (κ1) is 11.2. The molecule has 0 amide bonds. The van der Waals surface area contributed by atoms with Crippen LogP contribution in [0.15, 0.2) is 0 Å². The van der Waals surface area contributed by atoms with Gasteiger partial charge in [-0.2, -0.15) is 0 Å². The Bertz CT molecular complexity index is 164. The molecular weight excluding hydrogens is 287 g/mol. The normalized spacial score (nSPS) is 35.8. The van der Waals surface area contributed by atoms with Crippen LogP contribution in [0.3, 0.4) is 0 Å². The maximum atomic E-state index is 6.24. The molecule has 2 fully saturated rings. The summed E-state index contributed by atoms with van der Waals surface area (Å²) in [6.07, 6.45) is 13.5. The molecule has 2 rings (SSSR count). The van der Waals surface area contributed by atoms with Gasteiger partial charge in [-0.15, -0.1) is 0 Å². The lowest BCUT2D eigenvalue weighted by Gasteiger charge is -2.22. The van der Waals surface area contributed by atoms with Gasteiger partial charge in [0.1, 0.15) is 0 Å². The Morgan fingerprint density at radius 2 is 1.50 bits per heavy atom. The molecule has 2 aliphatic rings. The van der Waals surface area contributed by atoms with Crippen molar-refractivity contribution in [3.63, 3.8) is 0 Å². The Hall–Kier alpha value is 0.690. The molecule has 14 heavy (non-hydrogen) atoms. The maximum Gasteiger partial charge on any atom is 0.0696 e. The summed E-state index contributed by atoms with van der Waals surface area (Å²) in [7, 11) is 0. The van der Waals surface area contributed by atoms with E-state index in [1.165, 1.54) is 57.8 Å². The second kappa shape index (κ2) is 5.69. The van der Waals surface area contributed by atoms with Crippen molar-refractivity contribution in [1.82, 2.24) is 0 Å². The number of halogens is 1. The summed E-state index contributed by atoms with van der Waals surface area (Å²) in [5, 5.41) is 0. The minimum atomic E-state index is 0.582. The molecule has 2 unspecified atom stereocenters. The van der Waals surface area contributed by atoms with Crippen molar-refractivity contribution in [2.75, 3.05) is 0 Å². The third-order valence-electron chi connectivity index (χ3n) is 3.54. The fraction of sp³-hybridized carbons (Fsp3) is 1.00. The fourth-order valence-electron chi connectivity index (χ4n) is 2.66. The van der Waals surface area contributed by atoms with E-state index in [9.17, 15) is 0 Å². The molecule has 0 saturated heterocycles. The molecule has 1 nitrogen and oxygen atoms in total. The van der Waals surface area contributed by atoms with E-state index in [-0.39, 0.29) is 0 Å². The lowest BCUT2D eigenvalue weighted by atomic mass is 10.1. The van der Waals surface area contributed by atoms with E-state index < -0.39 is 0 Å². The van der Waals surface area contributed by atoms with Crippen LogP contribution >= 0.6 is 22.6 Å². The monoisotopic (exact) mass is 308 g/mol. The van der Waals surface area contributed by atoms with E-state index in [1.54, 1.807) is 0 Å². The third kappa shape index (κ3) is 3.09. The summed E-state index contributed by atoms with van der Waals surface area (Å²) in [6, 6.07) is 0. The predicted molar refractivity (Wildman–Crippen MR) is 68.0 cm³/mol. The first-order chi connectivity index (χ1) is 6.86. The summed E-state index contributed by atoms with van der Waals surface area (Å²) >= 11 is 2.57. The first-order valence-electron chi connectivity index (χ1n) is 6.16. The van der Waals surface area contributed by atoms with Crippen molar-refractivity contribution in [1.29, 1.82) is 0 Å². The highest BCUT2D eigenvalue weighted by Crippen LogP contribution is 2.31. The zero-order chi connectivity index (χ0) is 9.80. The van der Waals surface area contributed by atoms with Crippen molar-refractivity contribution >= 4 is 22.6 Å². The molecule has 0 aromatic carbocycles. The van der Waals surface area contributed by atoms with Crippen LogP contribution in [0.25, 0.3) is 0 Å². The molecule has 82 valence electrons. The van der Waals surface area contributed by atoms with Crippen molar-refractivity contribution in [2.24, 2.45) is 0 Å². The molecule has 0 aliphatic heterocycles. The fourth-order valence-corrected chi connectivity index (χ4v) is 3.63. The highest BCUT2D eigenvalue weighted by molar-refractivity contribution is 14.1. The molecule has 2 aliphatic carbocycles. The van der Waals surface area contributed by atoms with Gasteiger partial charge in [0.15, 0.2) is 0 Å². The Morgan fingerprint density at radius 3 is 2.07 bits per heavy atom. The SMILES string of the molecule is IC1CCCC1OC1CCCCCC1. The summed E-state index contributed by atoms with van der Waals surface area (Å²) in [5.74, 6) is 0. The topological polar surface area (TPSA) is 9.23 Å². The van der Waals surface area contributed by atoms with Gasteiger partial charge in [0.05, 0.1) is 12.2 Å². The molecule has 0 spiro atoms. The standard InChI is InChI=1S/C12H21IO/c13-11-8-5-9-12(11)14-10-6-3-1-2-4-7-10/h10-12H,1-9H2. The van der Waals surface area contributed by atoms with E-state index >= 15 is 0 Å². The largest absolute Gasteiger partial charge is 0.374 e. The molecule has 2 heteroatoms. The lowest BCUT2D eigenvalue weighted by molar-refractivity contribution is -0.0107. The number of rotatable bonds is 2. The molecular formula is C12H21IO. The van der Waals surface area contributed by atoms with Crippen molar-refractivity contribution in [3.05, 3.63) is 0 Å². The summed E-state index contributed by atoms with van der Waals surface area (Å²) in [5.41, 5.74) is 0. The Balaban J connectivity index is 1.77. The van der Waals surface area contributed by atoms with Crippen LogP contribution in [-0.2, 0) is 4.74 Å². The van der Waals surface area contributed by atoms with Crippen LogP contribution in [0, 0.1) is 0 Å². The van der Waals surface area contributed by atoms with Crippen LogP contribution < -0.4 is 0 Å². The maximum absolute atomic E-state index is 6.24. The Labute approximate surface area is 101 Å². The number of hydrogen-bond donors (Lipinski definition) is 0. The van der Waals surface area contributed by atoms with Crippen molar-refractivity contribution in [2.45, 2.75) is 73.9 Å². The number of ether oxygens (including phenoxy) is 1. The minimum Gasteiger partial charge on any atom is -0.374 e. The summed E-state index contributed by atoms with van der Waals surface area (Å²) < 4.78 is 7.02. The van der Waals surface area contributed by atoms with E-state index in [2.05, 4.69) is 22.6 Å². The van der Waals surface area contributed by atoms with E-state index in [0.29, 0.717) is 12.2 Å². The van der Waals surface area contributed by atoms with Gasteiger partial charge >= 0.3 is 0 Å². The van der Waals surface area contributed by atoms with Gasteiger partial charge in [0.2, 0.25) is 0 Å². The summed E-state index contributed by atoms with van der Waals surface area (Å²) in [4.78, 5) is 0. The van der Waals surface area contributed by atoms with Crippen molar-refractivity contribution < 1.29 is 4.74 Å². The van der Waals surface area contributed by atoms with Crippen LogP contribution in [0.5, 0.6) is 0 Å². The molecule has 2 atom stereocenters. The highest BCUT2D eigenvalue weighted by atomic mass is 127. The Morgan fingerprint density at radius 1 is 0.786 bits per heavy atom. The third-order valence-corrected chi connectivity index (χ3v) is 4.97. The van der Waals surface area contributed by atoms with Crippen LogP contribution in [0.2, 0.25) is 0 Å². The summed E-state index contributed by atoms with van der Waals surface area (Å²) in [6.45, 7) is 0. The molecule has 0 aromatic heterocycles. The number of alkyl halides is 1. The van der Waals surface area contributed by atoms with E-state index in [1.807, 2.05) is 0 Å². The van der Waals surface area contributed by atoms with Crippen molar-refractivity contribution in [3.8, 4) is 0 Å². The molecule has 0 aromatic rings. The Kier molecular flexibility index (Phi) is 4.54. The van der Waals surface area contributed by atoms with Gasteiger partial charge in [-0.3, -0.25) is 0 Å².